The van der Waals surface area contributed by atoms with Crippen LogP contribution < -0.4 is 4.87 Å². The van der Waals surface area contributed by atoms with Crippen LogP contribution in [0.25, 0.3) is 10.2 Å². The molecule has 5 nitrogen and oxygen atoms in total. The number of piperidine rings is 1. The van der Waals surface area contributed by atoms with Crippen molar-refractivity contribution in [1.82, 2.24) is 19.4 Å². The van der Waals surface area contributed by atoms with Gasteiger partial charge in [-0.1, -0.05) is 17.4 Å². The molecule has 1 aliphatic heterocycles. The summed E-state index contributed by atoms with van der Waals surface area (Å²) < 4.78 is 40.9. The van der Waals surface area contributed by atoms with E-state index in [1.165, 1.54) is 11.3 Å². The molecule has 144 valence electrons. The van der Waals surface area contributed by atoms with E-state index in [-0.39, 0.29) is 10.8 Å². The van der Waals surface area contributed by atoms with Crippen LogP contribution in [-0.2, 0) is 19.8 Å². The van der Waals surface area contributed by atoms with Crippen LogP contribution in [0, 0.1) is 0 Å². The van der Waals surface area contributed by atoms with Gasteiger partial charge in [-0.3, -0.25) is 9.69 Å². The third-order valence-electron chi connectivity index (χ3n) is 5.06. The molecule has 1 aliphatic rings. The van der Waals surface area contributed by atoms with Crippen molar-refractivity contribution in [1.29, 1.82) is 0 Å². The fourth-order valence-electron chi connectivity index (χ4n) is 3.65. The van der Waals surface area contributed by atoms with Crippen LogP contribution in [0.5, 0.6) is 0 Å². The zero-order chi connectivity index (χ0) is 19.2. The van der Waals surface area contributed by atoms with Crippen molar-refractivity contribution in [2.24, 2.45) is 7.05 Å². The summed E-state index contributed by atoms with van der Waals surface area (Å²) in [4.78, 5) is 20.4. The molecule has 0 radical (unpaired) electrons. The number of hydrogen-bond acceptors (Lipinski definition) is 4. The normalized spacial score (nSPS) is 19.0. The van der Waals surface area contributed by atoms with Crippen LogP contribution >= 0.6 is 11.3 Å². The molecule has 4 rings (SSSR count). The van der Waals surface area contributed by atoms with Crippen molar-refractivity contribution >= 4 is 21.6 Å². The Morgan fingerprint density at radius 3 is 2.93 bits per heavy atom. The SMILES string of the molecule is Cn1c(=O)sc2cc(CN3CCCC(c4ncc(C(F)(F)F)[nH]4)C3)ccc21. The van der Waals surface area contributed by atoms with E-state index in [1.54, 1.807) is 11.6 Å². The topological polar surface area (TPSA) is 53.9 Å². The second-order valence-corrected chi connectivity index (χ2v) is 7.98. The number of aromatic nitrogens is 3. The Kier molecular flexibility index (Phi) is 4.59. The van der Waals surface area contributed by atoms with Gasteiger partial charge in [0, 0.05) is 26.1 Å². The molecule has 0 bridgehead atoms. The third kappa shape index (κ3) is 3.66. The van der Waals surface area contributed by atoms with Crippen molar-refractivity contribution in [2.45, 2.75) is 31.5 Å². The number of H-pyrrole nitrogens is 1. The number of likely N-dealkylation sites (tertiary alicyclic amines) is 1. The molecule has 0 aliphatic carbocycles. The number of nitrogens with zero attached hydrogens (tertiary/aromatic N) is 3. The molecule has 1 saturated heterocycles. The van der Waals surface area contributed by atoms with Crippen molar-refractivity contribution in [3.63, 3.8) is 0 Å². The Morgan fingerprint density at radius 2 is 2.19 bits per heavy atom. The Morgan fingerprint density at radius 1 is 1.37 bits per heavy atom. The number of nitrogens with one attached hydrogen (secondary N) is 1. The molecule has 1 atom stereocenters. The number of rotatable bonds is 3. The van der Waals surface area contributed by atoms with E-state index in [0.717, 1.165) is 41.4 Å². The Balaban J connectivity index is 1.48. The quantitative estimate of drug-likeness (QED) is 0.734. The van der Waals surface area contributed by atoms with Gasteiger partial charge in [-0.15, -0.1) is 0 Å². The predicted molar refractivity (Wildman–Crippen MR) is 97.9 cm³/mol. The lowest BCUT2D eigenvalue weighted by Gasteiger charge is -2.31. The number of halogens is 3. The third-order valence-corrected chi connectivity index (χ3v) is 6.05. The molecule has 27 heavy (non-hydrogen) atoms. The predicted octanol–water partition coefficient (Wildman–Crippen LogP) is 3.72. The number of thiazole rings is 1. The first kappa shape index (κ1) is 18.2. The average Bonchev–Trinajstić information content (AvgIpc) is 3.21. The zero-order valence-electron chi connectivity index (χ0n) is 14.7. The summed E-state index contributed by atoms with van der Waals surface area (Å²) >= 11 is 1.22. The maximum atomic E-state index is 12.8. The lowest BCUT2D eigenvalue weighted by molar-refractivity contribution is -0.141. The standard InChI is InChI=1S/C18H19F3N4OS/c1-24-13-5-4-11(7-14(13)27-17(24)26)9-25-6-2-3-12(10-25)16-22-8-15(23-16)18(19,20)21/h4-5,7-8,12H,2-3,6,9-10H2,1H3,(H,22,23). The Hall–Kier alpha value is -2.13. The van der Waals surface area contributed by atoms with E-state index in [9.17, 15) is 18.0 Å². The summed E-state index contributed by atoms with van der Waals surface area (Å²) in [7, 11) is 1.76. The van der Waals surface area contributed by atoms with E-state index < -0.39 is 11.9 Å². The van der Waals surface area contributed by atoms with Crippen molar-refractivity contribution < 1.29 is 13.2 Å². The van der Waals surface area contributed by atoms with Gasteiger partial charge in [0.1, 0.15) is 11.5 Å². The summed E-state index contributed by atoms with van der Waals surface area (Å²) in [6, 6.07) is 5.98. The van der Waals surface area contributed by atoms with Gasteiger partial charge in [-0.25, -0.2) is 4.98 Å². The van der Waals surface area contributed by atoms with Crippen LogP contribution in [0.4, 0.5) is 13.2 Å². The molecule has 0 saturated carbocycles. The minimum absolute atomic E-state index is 0.0125. The average molecular weight is 396 g/mol. The lowest BCUT2D eigenvalue weighted by Crippen LogP contribution is -2.34. The molecule has 3 heterocycles. The molecule has 9 heteroatoms. The highest BCUT2D eigenvalue weighted by molar-refractivity contribution is 7.16. The monoisotopic (exact) mass is 396 g/mol. The molecule has 1 aromatic carbocycles. The van der Waals surface area contributed by atoms with Gasteiger partial charge in [0.2, 0.25) is 0 Å². The van der Waals surface area contributed by atoms with Gasteiger partial charge < -0.3 is 9.55 Å². The van der Waals surface area contributed by atoms with Crippen LogP contribution in [0.3, 0.4) is 0 Å². The van der Waals surface area contributed by atoms with Gasteiger partial charge in [-0.2, -0.15) is 13.2 Å². The summed E-state index contributed by atoms with van der Waals surface area (Å²) in [5.74, 6) is 0.370. The highest BCUT2D eigenvalue weighted by atomic mass is 32.1. The molecular formula is C18H19F3N4OS. The molecular weight excluding hydrogens is 377 g/mol. The van der Waals surface area contributed by atoms with Gasteiger partial charge in [0.15, 0.2) is 0 Å². The minimum atomic E-state index is -4.40. The highest BCUT2D eigenvalue weighted by Gasteiger charge is 2.34. The van der Waals surface area contributed by atoms with Crippen molar-refractivity contribution in [3.8, 4) is 0 Å². The van der Waals surface area contributed by atoms with E-state index in [2.05, 4.69) is 14.9 Å². The molecule has 1 fully saturated rings. The van der Waals surface area contributed by atoms with Crippen molar-refractivity contribution in [3.05, 3.63) is 51.1 Å². The number of benzene rings is 1. The first-order valence-corrected chi connectivity index (χ1v) is 9.56. The van der Waals surface area contributed by atoms with E-state index >= 15 is 0 Å². The van der Waals surface area contributed by atoms with Gasteiger partial charge in [0.25, 0.3) is 0 Å². The summed E-state index contributed by atoms with van der Waals surface area (Å²) in [5.41, 5.74) is 1.22. The first-order valence-electron chi connectivity index (χ1n) is 8.74. The maximum absolute atomic E-state index is 12.8. The molecule has 3 aromatic rings. The van der Waals surface area contributed by atoms with E-state index in [1.807, 2.05) is 18.2 Å². The van der Waals surface area contributed by atoms with Crippen LogP contribution in [-0.4, -0.2) is 32.5 Å². The summed E-state index contributed by atoms with van der Waals surface area (Å²) in [6.07, 6.45) is -1.79. The van der Waals surface area contributed by atoms with Crippen LogP contribution in [0.1, 0.15) is 35.8 Å². The molecule has 0 spiro atoms. The molecule has 1 N–H and O–H groups in total. The van der Waals surface area contributed by atoms with Crippen LogP contribution in [0.15, 0.2) is 29.2 Å². The fourth-order valence-corrected chi connectivity index (χ4v) is 4.59. The highest BCUT2D eigenvalue weighted by Crippen LogP contribution is 2.31. The largest absolute Gasteiger partial charge is 0.432 e. The zero-order valence-corrected chi connectivity index (χ0v) is 15.5. The Labute approximate surface area is 157 Å². The molecule has 2 aromatic heterocycles. The van der Waals surface area contributed by atoms with Crippen LogP contribution in [0.2, 0.25) is 0 Å². The van der Waals surface area contributed by atoms with Gasteiger partial charge >= 0.3 is 11.0 Å². The number of imidazole rings is 1. The smallest absolute Gasteiger partial charge is 0.338 e. The first-order chi connectivity index (χ1) is 12.8. The van der Waals surface area contributed by atoms with Gasteiger partial charge in [-0.05, 0) is 37.1 Å². The van der Waals surface area contributed by atoms with Gasteiger partial charge in [0.05, 0.1) is 16.4 Å². The second kappa shape index (κ2) is 6.79. The molecule has 1 unspecified atom stereocenters. The number of fused-ring (bicyclic) bond motifs is 1. The number of aryl methyl sites for hydroxylation is 1. The van der Waals surface area contributed by atoms with E-state index in [0.29, 0.717) is 18.9 Å². The number of aromatic amines is 1. The van der Waals surface area contributed by atoms with E-state index in [4.69, 9.17) is 0 Å². The summed E-state index contributed by atoms with van der Waals surface area (Å²) in [5, 5.41) is 0. The number of hydrogen-bond donors (Lipinski definition) is 1. The second-order valence-electron chi connectivity index (χ2n) is 6.98. The minimum Gasteiger partial charge on any atom is -0.338 e. The summed E-state index contributed by atoms with van der Waals surface area (Å²) in [6.45, 7) is 2.26. The number of alkyl halides is 3. The van der Waals surface area contributed by atoms with Crippen molar-refractivity contribution in [2.75, 3.05) is 13.1 Å². The lowest BCUT2D eigenvalue weighted by atomic mass is 9.97. The molecule has 0 amide bonds. The maximum Gasteiger partial charge on any atom is 0.432 e. The fraction of sp³-hybridized carbons (Fsp3) is 0.444. The Bertz CT molecular complexity index is 1020.